The predicted octanol–water partition coefficient (Wildman–Crippen LogP) is 0.849. The minimum absolute atomic E-state index is 0.357. The second kappa shape index (κ2) is 5.46. The summed E-state index contributed by atoms with van der Waals surface area (Å²) >= 11 is 0. The smallest absolute Gasteiger partial charge is 0.330 e. The molecule has 0 fully saturated rings. The van der Waals surface area contributed by atoms with E-state index in [-0.39, 0.29) is 0 Å². The van der Waals surface area contributed by atoms with Crippen LogP contribution in [0.5, 0.6) is 0 Å². The topological polar surface area (TPSA) is 67.2 Å². The summed E-state index contributed by atoms with van der Waals surface area (Å²) in [6.45, 7) is 4.83. The molecule has 1 rings (SSSR count). The maximum atomic E-state index is 10.5. The lowest BCUT2D eigenvalue weighted by Gasteiger charge is -2.01. The number of carbonyl (C=O) groups is 1. The summed E-state index contributed by atoms with van der Waals surface area (Å²) in [7, 11) is 1.90. The number of nitrogens with one attached hydrogen (secondary N) is 1. The van der Waals surface area contributed by atoms with Crippen LogP contribution in [-0.4, -0.2) is 27.4 Å². The molecule has 2 N–H and O–H groups in total. The highest BCUT2D eigenvalue weighted by Gasteiger charge is 2.02. The van der Waals surface area contributed by atoms with E-state index in [1.165, 1.54) is 0 Å². The van der Waals surface area contributed by atoms with Gasteiger partial charge in [-0.1, -0.05) is 6.08 Å². The molecule has 0 aliphatic carbocycles. The molecule has 0 unspecified atom stereocenters. The van der Waals surface area contributed by atoms with Gasteiger partial charge in [0.15, 0.2) is 0 Å². The molecule has 0 amide bonds. The van der Waals surface area contributed by atoms with Gasteiger partial charge in [0.1, 0.15) is 0 Å². The lowest BCUT2D eigenvalue weighted by Crippen LogP contribution is -2.14. The SMILES string of the molecule is CC(=CCNCc1cnn(C)c1C)C(=O)O. The summed E-state index contributed by atoms with van der Waals surface area (Å²) < 4.78 is 1.81. The van der Waals surface area contributed by atoms with Crippen molar-refractivity contribution in [2.24, 2.45) is 7.05 Å². The van der Waals surface area contributed by atoms with Crippen LogP contribution in [0.25, 0.3) is 0 Å². The van der Waals surface area contributed by atoms with E-state index < -0.39 is 5.97 Å². The number of carboxylic acids is 1. The molecule has 0 atom stereocenters. The Morgan fingerprint density at radius 1 is 1.69 bits per heavy atom. The Kier molecular flexibility index (Phi) is 4.25. The summed E-state index contributed by atoms with van der Waals surface area (Å²) in [4.78, 5) is 10.5. The van der Waals surface area contributed by atoms with Gasteiger partial charge < -0.3 is 10.4 Å². The molecule has 16 heavy (non-hydrogen) atoms. The van der Waals surface area contributed by atoms with Crippen LogP contribution in [0.15, 0.2) is 17.8 Å². The Balaban J connectivity index is 2.40. The number of rotatable bonds is 5. The van der Waals surface area contributed by atoms with Gasteiger partial charge in [-0.3, -0.25) is 4.68 Å². The lowest BCUT2D eigenvalue weighted by atomic mass is 10.2. The van der Waals surface area contributed by atoms with Crippen molar-refractivity contribution in [2.75, 3.05) is 6.54 Å². The van der Waals surface area contributed by atoms with E-state index >= 15 is 0 Å². The molecule has 0 saturated heterocycles. The van der Waals surface area contributed by atoms with Gasteiger partial charge in [0.2, 0.25) is 0 Å². The Hall–Kier alpha value is -1.62. The van der Waals surface area contributed by atoms with Gasteiger partial charge in [0.05, 0.1) is 6.20 Å². The third kappa shape index (κ3) is 3.20. The summed E-state index contributed by atoms with van der Waals surface area (Å²) in [5.41, 5.74) is 2.60. The van der Waals surface area contributed by atoms with Crippen molar-refractivity contribution in [3.63, 3.8) is 0 Å². The summed E-state index contributed by atoms with van der Waals surface area (Å²) in [5.74, 6) is -0.876. The van der Waals surface area contributed by atoms with Gasteiger partial charge in [0, 0.05) is 37.0 Å². The van der Waals surface area contributed by atoms with Crippen LogP contribution in [0.1, 0.15) is 18.2 Å². The number of carboxylic acid groups (broad SMARTS) is 1. The minimum Gasteiger partial charge on any atom is -0.478 e. The zero-order valence-electron chi connectivity index (χ0n) is 9.82. The highest BCUT2D eigenvalue weighted by Crippen LogP contribution is 2.04. The highest BCUT2D eigenvalue weighted by molar-refractivity contribution is 5.85. The summed E-state index contributed by atoms with van der Waals surface area (Å²) in [6, 6.07) is 0. The first-order valence-corrected chi connectivity index (χ1v) is 5.10. The molecular formula is C11H17N3O2. The summed E-state index contributed by atoms with van der Waals surface area (Å²) in [5, 5.41) is 15.9. The normalized spacial score (nSPS) is 11.8. The number of aryl methyl sites for hydroxylation is 1. The van der Waals surface area contributed by atoms with Crippen LogP contribution in [0, 0.1) is 6.92 Å². The molecule has 0 spiro atoms. The van der Waals surface area contributed by atoms with Crippen molar-refractivity contribution in [2.45, 2.75) is 20.4 Å². The second-order valence-electron chi connectivity index (χ2n) is 3.70. The average Bonchev–Trinajstić information content (AvgIpc) is 2.55. The zero-order valence-corrected chi connectivity index (χ0v) is 9.82. The molecule has 0 saturated carbocycles. The van der Waals surface area contributed by atoms with Crippen LogP contribution < -0.4 is 5.32 Å². The van der Waals surface area contributed by atoms with Crippen molar-refractivity contribution >= 4 is 5.97 Å². The molecule has 0 aliphatic heterocycles. The predicted molar refractivity (Wildman–Crippen MR) is 61.0 cm³/mol. The fraction of sp³-hybridized carbons (Fsp3) is 0.455. The zero-order chi connectivity index (χ0) is 12.1. The van der Waals surface area contributed by atoms with Gasteiger partial charge in [0.25, 0.3) is 0 Å². The van der Waals surface area contributed by atoms with E-state index in [1.807, 2.05) is 24.9 Å². The van der Waals surface area contributed by atoms with Gasteiger partial charge >= 0.3 is 5.97 Å². The van der Waals surface area contributed by atoms with Crippen LogP contribution in [-0.2, 0) is 18.4 Å². The van der Waals surface area contributed by atoms with Crippen molar-refractivity contribution < 1.29 is 9.90 Å². The van der Waals surface area contributed by atoms with Crippen molar-refractivity contribution in [3.8, 4) is 0 Å². The fourth-order valence-electron chi connectivity index (χ4n) is 1.24. The third-order valence-corrected chi connectivity index (χ3v) is 2.54. The monoisotopic (exact) mass is 223 g/mol. The number of aliphatic carboxylic acids is 1. The first kappa shape index (κ1) is 12.4. The van der Waals surface area contributed by atoms with E-state index in [0.29, 0.717) is 18.7 Å². The van der Waals surface area contributed by atoms with E-state index in [4.69, 9.17) is 5.11 Å². The molecule has 0 aliphatic rings. The number of aromatic nitrogens is 2. The Morgan fingerprint density at radius 2 is 2.38 bits per heavy atom. The summed E-state index contributed by atoms with van der Waals surface area (Å²) in [6.07, 6.45) is 3.48. The molecule has 5 nitrogen and oxygen atoms in total. The second-order valence-corrected chi connectivity index (χ2v) is 3.70. The van der Waals surface area contributed by atoms with Gasteiger partial charge in [-0.25, -0.2) is 4.79 Å². The van der Waals surface area contributed by atoms with E-state index in [0.717, 1.165) is 11.3 Å². The molecular weight excluding hydrogens is 206 g/mol. The number of hydrogen-bond acceptors (Lipinski definition) is 3. The standard InChI is InChI=1S/C11H17N3O2/c1-8(11(15)16)4-5-12-6-10-7-13-14(3)9(10)2/h4,7,12H,5-6H2,1-3H3,(H,15,16). The Morgan fingerprint density at radius 3 is 2.88 bits per heavy atom. The molecule has 88 valence electrons. The van der Waals surface area contributed by atoms with Crippen molar-refractivity contribution in [1.82, 2.24) is 15.1 Å². The third-order valence-electron chi connectivity index (χ3n) is 2.54. The average molecular weight is 223 g/mol. The lowest BCUT2D eigenvalue weighted by molar-refractivity contribution is -0.132. The quantitative estimate of drug-likeness (QED) is 0.573. The van der Waals surface area contributed by atoms with E-state index in [1.54, 1.807) is 13.0 Å². The molecule has 5 heteroatoms. The van der Waals surface area contributed by atoms with E-state index in [2.05, 4.69) is 10.4 Å². The molecule has 0 radical (unpaired) electrons. The maximum absolute atomic E-state index is 10.5. The Labute approximate surface area is 94.8 Å². The van der Waals surface area contributed by atoms with Gasteiger partial charge in [-0.05, 0) is 13.8 Å². The number of hydrogen-bond donors (Lipinski definition) is 2. The van der Waals surface area contributed by atoms with Crippen LogP contribution in [0.4, 0.5) is 0 Å². The van der Waals surface area contributed by atoms with Crippen LogP contribution >= 0.6 is 0 Å². The van der Waals surface area contributed by atoms with Gasteiger partial charge in [-0.2, -0.15) is 5.10 Å². The van der Waals surface area contributed by atoms with Gasteiger partial charge in [-0.15, -0.1) is 0 Å². The minimum atomic E-state index is -0.876. The van der Waals surface area contributed by atoms with Crippen LogP contribution in [0.3, 0.4) is 0 Å². The largest absolute Gasteiger partial charge is 0.478 e. The number of nitrogens with zero attached hydrogens (tertiary/aromatic N) is 2. The van der Waals surface area contributed by atoms with Crippen molar-refractivity contribution in [3.05, 3.63) is 29.1 Å². The Bertz CT molecular complexity index is 407. The molecule has 0 bridgehead atoms. The van der Waals surface area contributed by atoms with Crippen LogP contribution in [0.2, 0.25) is 0 Å². The molecule has 1 aromatic heterocycles. The molecule has 0 aromatic carbocycles. The fourth-order valence-corrected chi connectivity index (χ4v) is 1.24. The first-order valence-electron chi connectivity index (χ1n) is 5.10. The maximum Gasteiger partial charge on any atom is 0.330 e. The highest BCUT2D eigenvalue weighted by atomic mass is 16.4. The van der Waals surface area contributed by atoms with E-state index in [9.17, 15) is 4.79 Å². The molecule has 1 aromatic rings. The first-order chi connectivity index (χ1) is 7.52. The molecule has 1 heterocycles. The van der Waals surface area contributed by atoms with Crippen molar-refractivity contribution in [1.29, 1.82) is 0 Å².